The molecule has 1 aliphatic rings. The van der Waals surface area contributed by atoms with Gasteiger partial charge in [-0.1, -0.05) is 29.8 Å². The monoisotopic (exact) mass is 319 g/mol. The first-order valence-electron chi connectivity index (χ1n) is 6.88. The van der Waals surface area contributed by atoms with Gasteiger partial charge in [-0.2, -0.15) is 0 Å². The van der Waals surface area contributed by atoms with E-state index < -0.39 is 17.1 Å². The van der Waals surface area contributed by atoms with Crippen molar-refractivity contribution in [1.29, 1.82) is 0 Å². The Morgan fingerprint density at radius 3 is 2.50 bits per heavy atom. The van der Waals surface area contributed by atoms with Crippen LogP contribution in [0.4, 0.5) is 4.79 Å². The van der Waals surface area contributed by atoms with E-state index in [0.29, 0.717) is 4.91 Å². The lowest BCUT2D eigenvalue weighted by Gasteiger charge is -2.13. The lowest BCUT2D eigenvalue weighted by Crippen LogP contribution is -2.35. The second-order valence-corrected chi connectivity index (χ2v) is 6.21. The van der Waals surface area contributed by atoms with Crippen molar-refractivity contribution in [2.24, 2.45) is 0 Å². The van der Waals surface area contributed by atoms with Crippen LogP contribution in [-0.4, -0.2) is 34.7 Å². The molecule has 0 atom stereocenters. The molecule has 0 N–H and O–H groups in total. The topological polar surface area (TPSA) is 63.7 Å². The third-order valence-corrected chi connectivity index (χ3v) is 3.81. The standard InChI is InChI=1S/C16H17NO4S/c1-10(2)21-14(18)9-17-15(19)13(22-16(17)20)8-12-6-4-11(3)5-7-12/h4-8,10H,9H2,1-3H3/b13-8+. The smallest absolute Gasteiger partial charge is 0.326 e. The van der Waals surface area contributed by atoms with E-state index in [-0.39, 0.29) is 12.6 Å². The molecule has 0 unspecified atom stereocenters. The molecule has 0 radical (unpaired) electrons. The minimum absolute atomic E-state index is 0.282. The van der Waals surface area contributed by atoms with Crippen molar-refractivity contribution in [2.75, 3.05) is 6.54 Å². The van der Waals surface area contributed by atoms with E-state index in [1.165, 1.54) is 0 Å². The van der Waals surface area contributed by atoms with E-state index >= 15 is 0 Å². The van der Waals surface area contributed by atoms with Crippen LogP contribution in [-0.2, 0) is 14.3 Å². The van der Waals surface area contributed by atoms with Gasteiger partial charge in [-0.15, -0.1) is 0 Å². The molecule has 116 valence electrons. The minimum Gasteiger partial charge on any atom is -0.462 e. The number of benzene rings is 1. The molecule has 2 rings (SSSR count). The Hall–Kier alpha value is -2.08. The van der Waals surface area contributed by atoms with Crippen LogP contribution >= 0.6 is 11.8 Å². The van der Waals surface area contributed by atoms with Gasteiger partial charge in [-0.05, 0) is 44.2 Å². The second-order valence-electron chi connectivity index (χ2n) is 5.22. The zero-order valence-electron chi connectivity index (χ0n) is 12.7. The van der Waals surface area contributed by atoms with E-state index in [9.17, 15) is 14.4 Å². The lowest BCUT2D eigenvalue weighted by molar-refractivity contribution is -0.149. The number of imide groups is 1. The first-order chi connectivity index (χ1) is 10.4. The Morgan fingerprint density at radius 2 is 1.91 bits per heavy atom. The lowest BCUT2D eigenvalue weighted by atomic mass is 10.1. The number of aryl methyl sites for hydroxylation is 1. The first-order valence-corrected chi connectivity index (χ1v) is 7.70. The minimum atomic E-state index is -0.589. The third kappa shape index (κ3) is 3.98. The highest BCUT2D eigenvalue weighted by molar-refractivity contribution is 8.18. The summed E-state index contributed by atoms with van der Waals surface area (Å²) < 4.78 is 4.96. The molecule has 1 aliphatic heterocycles. The quantitative estimate of drug-likeness (QED) is 0.630. The Morgan fingerprint density at radius 1 is 1.27 bits per heavy atom. The number of nitrogens with zero attached hydrogens (tertiary/aromatic N) is 1. The van der Waals surface area contributed by atoms with E-state index in [2.05, 4.69) is 0 Å². The summed E-state index contributed by atoms with van der Waals surface area (Å²) in [6.45, 7) is 5.04. The molecule has 0 spiro atoms. The van der Waals surface area contributed by atoms with Crippen molar-refractivity contribution >= 4 is 35.0 Å². The SMILES string of the molecule is Cc1ccc(/C=C2/SC(=O)N(CC(=O)OC(C)C)C2=O)cc1. The number of ether oxygens (including phenoxy) is 1. The molecule has 0 saturated carbocycles. The van der Waals surface area contributed by atoms with Gasteiger partial charge in [0, 0.05) is 0 Å². The van der Waals surface area contributed by atoms with Gasteiger partial charge in [-0.25, -0.2) is 0 Å². The number of carbonyl (C=O) groups excluding carboxylic acids is 3. The molecule has 6 heteroatoms. The van der Waals surface area contributed by atoms with Crippen molar-refractivity contribution in [3.05, 3.63) is 40.3 Å². The van der Waals surface area contributed by atoms with Crippen molar-refractivity contribution in [3.8, 4) is 0 Å². The number of rotatable bonds is 4. The van der Waals surface area contributed by atoms with Gasteiger partial charge in [0.05, 0.1) is 11.0 Å². The number of thioether (sulfide) groups is 1. The Balaban J connectivity index is 2.11. The molecule has 0 aromatic heterocycles. The predicted octanol–water partition coefficient (Wildman–Crippen LogP) is 2.98. The summed E-state index contributed by atoms with van der Waals surface area (Å²) in [5.74, 6) is -1.05. The predicted molar refractivity (Wildman–Crippen MR) is 85.1 cm³/mol. The van der Waals surface area contributed by atoms with Crippen molar-refractivity contribution < 1.29 is 19.1 Å². The van der Waals surface area contributed by atoms with Gasteiger partial charge in [0.1, 0.15) is 6.54 Å². The molecule has 0 bridgehead atoms. The van der Waals surface area contributed by atoms with Crippen LogP contribution in [0.5, 0.6) is 0 Å². The maximum Gasteiger partial charge on any atom is 0.326 e. The fraction of sp³-hybridized carbons (Fsp3) is 0.312. The summed E-state index contributed by atoms with van der Waals surface area (Å²) in [5, 5.41) is -0.455. The van der Waals surface area contributed by atoms with Crippen LogP contribution in [0.25, 0.3) is 6.08 Å². The maximum absolute atomic E-state index is 12.2. The highest BCUT2D eigenvalue weighted by Gasteiger charge is 2.36. The maximum atomic E-state index is 12.2. The zero-order chi connectivity index (χ0) is 16.3. The largest absolute Gasteiger partial charge is 0.462 e. The van der Waals surface area contributed by atoms with Crippen LogP contribution < -0.4 is 0 Å². The average Bonchev–Trinajstić information content (AvgIpc) is 2.68. The van der Waals surface area contributed by atoms with Crippen LogP contribution in [0.15, 0.2) is 29.2 Å². The molecule has 2 amide bonds. The van der Waals surface area contributed by atoms with Gasteiger partial charge >= 0.3 is 5.97 Å². The highest BCUT2D eigenvalue weighted by Crippen LogP contribution is 2.32. The summed E-state index contributed by atoms with van der Waals surface area (Å²) in [4.78, 5) is 36.9. The molecule has 5 nitrogen and oxygen atoms in total. The van der Waals surface area contributed by atoms with Crippen LogP contribution in [0.3, 0.4) is 0 Å². The molecular formula is C16H17NO4S. The van der Waals surface area contributed by atoms with Gasteiger partial charge in [-0.3, -0.25) is 19.3 Å². The summed E-state index contributed by atoms with van der Waals surface area (Å²) in [6.07, 6.45) is 1.37. The average molecular weight is 319 g/mol. The van der Waals surface area contributed by atoms with E-state index in [1.807, 2.05) is 31.2 Å². The molecule has 1 aromatic carbocycles. The van der Waals surface area contributed by atoms with Crippen LogP contribution in [0.2, 0.25) is 0 Å². The van der Waals surface area contributed by atoms with E-state index in [0.717, 1.165) is 27.8 Å². The van der Waals surface area contributed by atoms with Crippen molar-refractivity contribution in [3.63, 3.8) is 0 Å². The Kier molecular flexibility index (Phi) is 5.03. The molecule has 22 heavy (non-hydrogen) atoms. The van der Waals surface area contributed by atoms with E-state index in [1.54, 1.807) is 19.9 Å². The number of esters is 1. The molecular weight excluding hydrogens is 302 g/mol. The van der Waals surface area contributed by atoms with Crippen molar-refractivity contribution in [1.82, 2.24) is 4.90 Å². The zero-order valence-corrected chi connectivity index (χ0v) is 13.5. The first kappa shape index (κ1) is 16.3. The second kappa shape index (κ2) is 6.79. The molecule has 1 aromatic rings. The Bertz CT molecular complexity index is 634. The molecule has 0 aliphatic carbocycles. The molecule has 1 saturated heterocycles. The van der Waals surface area contributed by atoms with E-state index in [4.69, 9.17) is 4.74 Å². The number of carbonyl (C=O) groups is 3. The summed E-state index contributed by atoms with van der Waals surface area (Å²) >= 11 is 0.832. The molecule has 1 fully saturated rings. The normalized spacial score (nSPS) is 16.7. The number of hydrogen-bond donors (Lipinski definition) is 0. The Labute approximate surface area is 133 Å². The number of amides is 2. The van der Waals surface area contributed by atoms with Gasteiger partial charge in [0.2, 0.25) is 0 Å². The van der Waals surface area contributed by atoms with Crippen LogP contribution in [0.1, 0.15) is 25.0 Å². The third-order valence-electron chi connectivity index (χ3n) is 2.90. The van der Waals surface area contributed by atoms with Gasteiger partial charge in [0.25, 0.3) is 11.1 Å². The summed E-state index contributed by atoms with van der Waals surface area (Å²) in [7, 11) is 0. The molecule has 1 heterocycles. The fourth-order valence-electron chi connectivity index (χ4n) is 1.88. The van der Waals surface area contributed by atoms with Crippen LogP contribution in [0, 0.1) is 6.92 Å². The summed E-state index contributed by atoms with van der Waals surface area (Å²) in [6, 6.07) is 7.60. The van der Waals surface area contributed by atoms with Crippen molar-refractivity contribution in [2.45, 2.75) is 26.9 Å². The van der Waals surface area contributed by atoms with Gasteiger partial charge < -0.3 is 4.74 Å². The summed E-state index contributed by atoms with van der Waals surface area (Å²) in [5.41, 5.74) is 1.95. The highest BCUT2D eigenvalue weighted by atomic mass is 32.2. The number of hydrogen-bond acceptors (Lipinski definition) is 5. The fourth-order valence-corrected chi connectivity index (χ4v) is 2.72. The van der Waals surface area contributed by atoms with Gasteiger partial charge in [0.15, 0.2) is 0 Å².